The van der Waals surface area contributed by atoms with Crippen LogP contribution >= 0.6 is 0 Å². The van der Waals surface area contributed by atoms with E-state index in [0.717, 1.165) is 6.07 Å². The third kappa shape index (κ3) is 3.81. The summed E-state index contributed by atoms with van der Waals surface area (Å²) in [5, 5.41) is 0. The van der Waals surface area contributed by atoms with Gasteiger partial charge in [-0.2, -0.15) is 0 Å². The molecule has 1 rings (SSSR count). The van der Waals surface area contributed by atoms with Crippen LogP contribution in [0.15, 0.2) is 18.2 Å². The minimum absolute atomic E-state index is 0.431. The maximum Gasteiger partial charge on any atom is 0.126 e. The van der Waals surface area contributed by atoms with Crippen molar-refractivity contribution in [3.05, 3.63) is 35.4 Å². The molecule has 0 saturated carbocycles. The number of ether oxygens (including phenoxy) is 1. The Hall–Kier alpha value is -1.00. The smallest absolute Gasteiger partial charge is 0.126 e. The molecule has 0 amide bonds. The monoisotopic (exact) mass is 201 g/mol. The first-order valence-corrected chi connectivity index (χ1v) is 4.45. The maximum absolute atomic E-state index is 12.7. The van der Waals surface area contributed by atoms with E-state index >= 15 is 0 Å². The zero-order valence-electron chi connectivity index (χ0n) is 7.80. The third-order valence-corrected chi connectivity index (χ3v) is 1.72. The first kappa shape index (κ1) is 11.1. The average molecular weight is 201 g/mol. The van der Waals surface area contributed by atoms with Crippen molar-refractivity contribution in [2.45, 2.75) is 6.42 Å². The molecule has 1 aromatic carbocycles. The number of hydrogen-bond donors (Lipinski definition) is 1. The van der Waals surface area contributed by atoms with Crippen LogP contribution in [0.1, 0.15) is 5.56 Å². The number of hydrogen-bond acceptors (Lipinski definition) is 2. The predicted octanol–water partition coefficient (Wildman–Crippen LogP) is 1.48. The minimum Gasteiger partial charge on any atom is -0.380 e. The fourth-order valence-corrected chi connectivity index (χ4v) is 1.13. The molecular weight excluding hydrogens is 188 g/mol. The molecular formula is C10H13F2NO. The number of halogens is 2. The molecule has 2 nitrogen and oxygen atoms in total. The van der Waals surface area contributed by atoms with Crippen molar-refractivity contribution >= 4 is 0 Å². The Kier molecular flexibility index (Phi) is 4.49. The molecule has 0 radical (unpaired) electrons. The molecule has 0 fully saturated rings. The van der Waals surface area contributed by atoms with Gasteiger partial charge in [0.2, 0.25) is 0 Å². The van der Waals surface area contributed by atoms with Gasteiger partial charge in [-0.25, -0.2) is 8.78 Å². The van der Waals surface area contributed by atoms with E-state index in [1.54, 1.807) is 0 Å². The summed E-state index contributed by atoms with van der Waals surface area (Å²) in [7, 11) is 0. The zero-order valence-corrected chi connectivity index (χ0v) is 7.80. The van der Waals surface area contributed by atoms with Crippen LogP contribution in [-0.4, -0.2) is 19.8 Å². The Morgan fingerprint density at radius 1 is 1.07 bits per heavy atom. The fourth-order valence-electron chi connectivity index (χ4n) is 1.13. The van der Waals surface area contributed by atoms with Gasteiger partial charge in [-0.1, -0.05) is 0 Å². The molecule has 14 heavy (non-hydrogen) atoms. The number of benzene rings is 1. The quantitative estimate of drug-likeness (QED) is 0.732. The van der Waals surface area contributed by atoms with Crippen LogP contribution in [-0.2, 0) is 11.2 Å². The summed E-state index contributed by atoms with van der Waals surface area (Å²) < 4.78 is 30.5. The summed E-state index contributed by atoms with van der Waals surface area (Å²) in [6.07, 6.45) is 0.495. The van der Waals surface area contributed by atoms with Crippen molar-refractivity contribution in [2.75, 3.05) is 19.8 Å². The van der Waals surface area contributed by atoms with Gasteiger partial charge in [0.25, 0.3) is 0 Å². The molecule has 78 valence electrons. The lowest BCUT2D eigenvalue weighted by molar-refractivity contribution is 0.144. The molecule has 0 aliphatic carbocycles. The van der Waals surface area contributed by atoms with Crippen molar-refractivity contribution < 1.29 is 13.5 Å². The van der Waals surface area contributed by atoms with E-state index < -0.39 is 11.6 Å². The van der Waals surface area contributed by atoms with Crippen molar-refractivity contribution in [1.82, 2.24) is 0 Å². The van der Waals surface area contributed by atoms with Gasteiger partial charge in [0.15, 0.2) is 0 Å². The molecule has 0 bridgehead atoms. The Morgan fingerprint density at radius 2 is 1.71 bits per heavy atom. The Morgan fingerprint density at radius 3 is 2.29 bits per heavy atom. The van der Waals surface area contributed by atoms with Crippen LogP contribution in [0.4, 0.5) is 8.78 Å². The Labute approximate surface area is 81.7 Å². The molecule has 0 saturated heterocycles. The van der Waals surface area contributed by atoms with Gasteiger partial charge in [0.1, 0.15) is 11.6 Å². The SMILES string of the molecule is NCCOCCc1cc(F)cc(F)c1. The Bertz CT molecular complexity index is 271. The standard InChI is InChI=1S/C10H13F2NO/c11-9-5-8(6-10(12)7-9)1-3-14-4-2-13/h5-7H,1-4,13H2. The normalized spacial score (nSPS) is 10.5. The highest BCUT2D eigenvalue weighted by atomic mass is 19.1. The Balaban J connectivity index is 2.42. The van der Waals surface area contributed by atoms with Crippen LogP contribution in [0.5, 0.6) is 0 Å². The zero-order chi connectivity index (χ0) is 10.4. The number of rotatable bonds is 5. The van der Waals surface area contributed by atoms with E-state index in [0.29, 0.717) is 31.7 Å². The lowest BCUT2D eigenvalue weighted by Crippen LogP contribution is -2.10. The van der Waals surface area contributed by atoms with Crippen molar-refractivity contribution in [1.29, 1.82) is 0 Å². The lowest BCUT2D eigenvalue weighted by atomic mass is 10.1. The van der Waals surface area contributed by atoms with Crippen LogP contribution in [0.3, 0.4) is 0 Å². The second-order valence-electron chi connectivity index (χ2n) is 2.93. The van der Waals surface area contributed by atoms with E-state index in [9.17, 15) is 8.78 Å². The molecule has 1 aromatic rings. The molecule has 4 heteroatoms. The highest BCUT2D eigenvalue weighted by molar-refractivity contribution is 5.17. The van der Waals surface area contributed by atoms with Gasteiger partial charge in [0, 0.05) is 12.6 Å². The molecule has 0 unspecified atom stereocenters. The van der Waals surface area contributed by atoms with Gasteiger partial charge in [-0.05, 0) is 24.1 Å². The molecule has 0 aliphatic heterocycles. The van der Waals surface area contributed by atoms with Gasteiger partial charge >= 0.3 is 0 Å². The molecule has 0 aliphatic rings. The minimum atomic E-state index is -0.557. The van der Waals surface area contributed by atoms with Crippen molar-refractivity contribution in [3.8, 4) is 0 Å². The van der Waals surface area contributed by atoms with E-state index in [-0.39, 0.29) is 0 Å². The molecule has 0 heterocycles. The van der Waals surface area contributed by atoms with Gasteiger partial charge in [0.05, 0.1) is 13.2 Å². The highest BCUT2D eigenvalue weighted by Crippen LogP contribution is 2.08. The molecule has 0 aromatic heterocycles. The van der Waals surface area contributed by atoms with Crippen molar-refractivity contribution in [2.24, 2.45) is 5.73 Å². The van der Waals surface area contributed by atoms with Crippen LogP contribution in [0.2, 0.25) is 0 Å². The fraction of sp³-hybridized carbons (Fsp3) is 0.400. The summed E-state index contributed by atoms with van der Waals surface area (Å²) in [5.74, 6) is -1.11. The van der Waals surface area contributed by atoms with E-state index in [2.05, 4.69) is 0 Å². The number of nitrogens with two attached hydrogens (primary N) is 1. The van der Waals surface area contributed by atoms with E-state index in [1.807, 2.05) is 0 Å². The van der Waals surface area contributed by atoms with Crippen LogP contribution < -0.4 is 5.73 Å². The topological polar surface area (TPSA) is 35.2 Å². The maximum atomic E-state index is 12.7. The summed E-state index contributed by atoms with van der Waals surface area (Å²) in [6.45, 7) is 1.36. The third-order valence-electron chi connectivity index (χ3n) is 1.72. The summed E-state index contributed by atoms with van der Waals surface area (Å²) in [5.41, 5.74) is 5.81. The molecule has 0 spiro atoms. The highest BCUT2D eigenvalue weighted by Gasteiger charge is 2.00. The first-order chi connectivity index (χ1) is 6.72. The van der Waals surface area contributed by atoms with Crippen LogP contribution in [0.25, 0.3) is 0 Å². The van der Waals surface area contributed by atoms with Gasteiger partial charge in [-0.15, -0.1) is 0 Å². The second kappa shape index (κ2) is 5.67. The molecule has 0 atom stereocenters. The largest absolute Gasteiger partial charge is 0.380 e. The first-order valence-electron chi connectivity index (χ1n) is 4.45. The summed E-state index contributed by atoms with van der Waals surface area (Å²) in [4.78, 5) is 0. The van der Waals surface area contributed by atoms with Crippen LogP contribution in [0, 0.1) is 11.6 Å². The average Bonchev–Trinajstić information content (AvgIpc) is 2.11. The van der Waals surface area contributed by atoms with Gasteiger partial charge in [-0.3, -0.25) is 0 Å². The summed E-state index contributed by atoms with van der Waals surface area (Å²) >= 11 is 0. The van der Waals surface area contributed by atoms with E-state index in [4.69, 9.17) is 10.5 Å². The second-order valence-corrected chi connectivity index (χ2v) is 2.93. The molecule has 2 N–H and O–H groups in total. The lowest BCUT2D eigenvalue weighted by Gasteiger charge is -2.03. The van der Waals surface area contributed by atoms with Gasteiger partial charge < -0.3 is 10.5 Å². The van der Waals surface area contributed by atoms with Crippen molar-refractivity contribution in [3.63, 3.8) is 0 Å². The van der Waals surface area contributed by atoms with E-state index in [1.165, 1.54) is 12.1 Å². The summed E-state index contributed by atoms with van der Waals surface area (Å²) in [6, 6.07) is 3.45. The predicted molar refractivity (Wildman–Crippen MR) is 49.9 cm³/mol.